The fourth-order valence-corrected chi connectivity index (χ4v) is 5.72. The van der Waals surface area contributed by atoms with Gasteiger partial charge in [0.2, 0.25) is 0 Å². The summed E-state index contributed by atoms with van der Waals surface area (Å²) in [6.45, 7) is 0. The Balaban J connectivity index is 1.58. The van der Waals surface area contributed by atoms with E-state index in [0.29, 0.717) is 0 Å². The molecule has 3 fully saturated rings. The van der Waals surface area contributed by atoms with Crippen LogP contribution in [0.2, 0.25) is 0 Å². The third-order valence-electron chi connectivity index (χ3n) is 6.39. The van der Waals surface area contributed by atoms with E-state index in [9.17, 15) is 0 Å². The van der Waals surface area contributed by atoms with Crippen LogP contribution in [0.25, 0.3) is 0 Å². The molecule has 0 aromatic carbocycles. The molecule has 0 N–H and O–H groups in total. The molecule has 0 heteroatoms. The van der Waals surface area contributed by atoms with E-state index in [1.807, 2.05) is 11.1 Å². The minimum atomic E-state index is 1.09. The predicted octanol–water partition coefficient (Wildman–Crippen LogP) is 3.39. The summed E-state index contributed by atoms with van der Waals surface area (Å²) in [7, 11) is 0. The molecule has 0 nitrogen and oxygen atoms in total. The van der Waals surface area contributed by atoms with Crippen LogP contribution in [0.3, 0.4) is 0 Å². The largest absolute Gasteiger partial charge is 0.0698 e. The lowest BCUT2D eigenvalue weighted by atomic mass is 9.43. The second-order valence-electron chi connectivity index (χ2n) is 6.67. The molecule has 6 unspecified atom stereocenters. The lowest BCUT2D eigenvalue weighted by Gasteiger charge is -2.62. The number of hydrogen-bond donors (Lipinski definition) is 0. The number of rotatable bonds is 0. The smallest absolute Gasteiger partial charge is 0.0160 e. The predicted molar refractivity (Wildman–Crippen MR) is 55.7 cm³/mol. The Bertz CT molecular complexity index is 351. The zero-order valence-electron chi connectivity index (χ0n) is 8.71. The third-order valence-corrected chi connectivity index (χ3v) is 6.39. The monoisotopic (exact) mass is 186 g/mol. The van der Waals surface area contributed by atoms with Crippen LogP contribution in [0, 0.1) is 35.5 Å². The molecule has 5 aliphatic rings. The van der Waals surface area contributed by atoms with Crippen LogP contribution < -0.4 is 0 Å². The SMILES string of the molecule is C1C2=C3CC(C2)C2CC4CC(CC13)C42. The summed E-state index contributed by atoms with van der Waals surface area (Å²) in [6, 6.07) is 0. The highest BCUT2D eigenvalue weighted by atomic mass is 14.6. The summed E-state index contributed by atoms with van der Waals surface area (Å²) in [5.41, 5.74) is 3.88. The topological polar surface area (TPSA) is 0 Å². The normalized spacial score (nSPS) is 61.7. The Morgan fingerprint density at radius 1 is 0.786 bits per heavy atom. The van der Waals surface area contributed by atoms with Crippen LogP contribution in [-0.4, -0.2) is 0 Å². The molecule has 3 saturated carbocycles. The average molecular weight is 186 g/mol. The van der Waals surface area contributed by atoms with Gasteiger partial charge in [-0.15, -0.1) is 0 Å². The van der Waals surface area contributed by atoms with Crippen molar-refractivity contribution in [1.82, 2.24) is 0 Å². The molecule has 0 aliphatic heterocycles. The lowest BCUT2D eigenvalue weighted by molar-refractivity contribution is -0.122. The molecule has 14 heavy (non-hydrogen) atoms. The van der Waals surface area contributed by atoms with Crippen molar-refractivity contribution in [3.8, 4) is 0 Å². The van der Waals surface area contributed by atoms with Gasteiger partial charge in [-0.2, -0.15) is 0 Å². The summed E-state index contributed by atoms with van der Waals surface area (Å²) < 4.78 is 0. The van der Waals surface area contributed by atoms with E-state index in [2.05, 4.69) is 0 Å². The van der Waals surface area contributed by atoms with Crippen LogP contribution in [0.15, 0.2) is 11.1 Å². The second kappa shape index (κ2) is 1.99. The highest BCUT2D eigenvalue weighted by Gasteiger charge is 2.59. The molecule has 0 aromatic rings. The van der Waals surface area contributed by atoms with E-state index >= 15 is 0 Å². The van der Waals surface area contributed by atoms with Gasteiger partial charge >= 0.3 is 0 Å². The first-order chi connectivity index (χ1) is 6.90. The summed E-state index contributed by atoms with van der Waals surface area (Å²) in [4.78, 5) is 0. The Labute approximate surface area is 85.8 Å². The lowest BCUT2D eigenvalue weighted by Crippen LogP contribution is -2.54. The highest BCUT2D eigenvalue weighted by Crippen LogP contribution is 2.68. The minimum Gasteiger partial charge on any atom is -0.0698 e. The van der Waals surface area contributed by atoms with Gasteiger partial charge in [0, 0.05) is 0 Å². The maximum Gasteiger partial charge on any atom is -0.0160 e. The van der Waals surface area contributed by atoms with Crippen molar-refractivity contribution in [2.24, 2.45) is 35.5 Å². The second-order valence-corrected chi connectivity index (χ2v) is 6.67. The fourth-order valence-electron chi connectivity index (χ4n) is 5.72. The van der Waals surface area contributed by atoms with Gasteiger partial charge in [0.1, 0.15) is 0 Å². The molecule has 74 valence electrons. The number of hydrogen-bond acceptors (Lipinski definition) is 0. The van der Waals surface area contributed by atoms with Crippen LogP contribution in [0.1, 0.15) is 38.5 Å². The Morgan fingerprint density at radius 2 is 1.71 bits per heavy atom. The first-order valence-corrected chi connectivity index (χ1v) is 6.61. The van der Waals surface area contributed by atoms with Gasteiger partial charge in [-0.3, -0.25) is 0 Å². The van der Waals surface area contributed by atoms with Crippen LogP contribution in [0.4, 0.5) is 0 Å². The zero-order valence-corrected chi connectivity index (χ0v) is 8.71. The molecule has 0 aromatic heterocycles. The standard InChI is InChI=1S/C14H18/c1-7-2-9-5-12(7)8(1)3-10-4-11-6-13(9)14(10)11/h8-11,13-14H,1-6H2. The maximum atomic E-state index is 1.96. The quantitative estimate of drug-likeness (QED) is 0.509. The zero-order chi connectivity index (χ0) is 8.86. The summed E-state index contributed by atoms with van der Waals surface area (Å²) in [6.07, 6.45) is 9.44. The van der Waals surface area contributed by atoms with Gasteiger partial charge in [-0.05, 0) is 74.0 Å². The van der Waals surface area contributed by atoms with Gasteiger partial charge in [-0.1, -0.05) is 11.1 Å². The van der Waals surface area contributed by atoms with Gasteiger partial charge in [-0.25, -0.2) is 0 Å². The highest BCUT2D eigenvalue weighted by molar-refractivity contribution is 5.36. The van der Waals surface area contributed by atoms with E-state index in [0.717, 1.165) is 11.8 Å². The van der Waals surface area contributed by atoms with E-state index in [-0.39, 0.29) is 0 Å². The van der Waals surface area contributed by atoms with Crippen molar-refractivity contribution in [3.05, 3.63) is 11.1 Å². The van der Waals surface area contributed by atoms with E-state index < -0.39 is 0 Å². The number of allylic oxidation sites excluding steroid dienone is 2. The molecule has 0 heterocycles. The molecule has 0 amide bonds. The molecular weight excluding hydrogens is 168 g/mol. The summed E-state index contributed by atoms with van der Waals surface area (Å²) in [5.74, 6) is 7.01. The molecule has 6 atom stereocenters. The van der Waals surface area contributed by atoms with Crippen molar-refractivity contribution in [2.45, 2.75) is 38.5 Å². The Morgan fingerprint density at radius 3 is 2.64 bits per heavy atom. The molecule has 5 rings (SSSR count). The fraction of sp³-hybridized carbons (Fsp3) is 0.857. The minimum absolute atomic E-state index is 1.09. The van der Waals surface area contributed by atoms with Crippen molar-refractivity contribution in [2.75, 3.05) is 0 Å². The molecule has 0 saturated heterocycles. The van der Waals surface area contributed by atoms with Crippen molar-refractivity contribution >= 4 is 0 Å². The van der Waals surface area contributed by atoms with Crippen LogP contribution >= 0.6 is 0 Å². The van der Waals surface area contributed by atoms with Crippen molar-refractivity contribution < 1.29 is 0 Å². The average Bonchev–Trinajstić information content (AvgIpc) is 2.43. The molecule has 2 bridgehead atoms. The first-order valence-electron chi connectivity index (χ1n) is 6.61. The van der Waals surface area contributed by atoms with E-state index in [1.54, 1.807) is 25.7 Å². The van der Waals surface area contributed by atoms with Crippen molar-refractivity contribution in [1.29, 1.82) is 0 Å². The number of fused-ring (bicyclic) bond motifs is 2. The van der Waals surface area contributed by atoms with Gasteiger partial charge in [0.25, 0.3) is 0 Å². The summed E-state index contributed by atoms with van der Waals surface area (Å²) in [5, 5.41) is 0. The van der Waals surface area contributed by atoms with E-state index in [1.165, 1.54) is 36.5 Å². The summed E-state index contributed by atoms with van der Waals surface area (Å²) >= 11 is 0. The molecule has 0 spiro atoms. The molecular formula is C14H18. The van der Waals surface area contributed by atoms with Gasteiger partial charge in [0.05, 0.1) is 0 Å². The maximum absolute atomic E-state index is 1.96. The van der Waals surface area contributed by atoms with Gasteiger partial charge < -0.3 is 0 Å². The van der Waals surface area contributed by atoms with Gasteiger partial charge in [0.15, 0.2) is 0 Å². The third kappa shape index (κ3) is 0.594. The molecule has 0 radical (unpaired) electrons. The van der Waals surface area contributed by atoms with Crippen LogP contribution in [-0.2, 0) is 0 Å². The van der Waals surface area contributed by atoms with Crippen molar-refractivity contribution in [3.63, 3.8) is 0 Å². The first kappa shape index (κ1) is 7.09. The molecule has 5 aliphatic carbocycles. The van der Waals surface area contributed by atoms with E-state index in [4.69, 9.17) is 0 Å². The van der Waals surface area contributed by atoms with Crippen LogP contribution in [0.5, 0.6) is 0 Å². The Kier molecular flexibility index (Phi) is 1.00. The Hall–Kier alpha value is -0.260.